The van der Waals surface area contributed by atoms with Gasteiger partial charge in [-0.3, -0.25) is 0 Å². The lowest BCUT2D eigenvalue weighted by atomic mass is 9.78. The van der Waals surface area contributed by atoms with Crippen molar-refractivity contribution in [3.63, 3.8) is 0 Å². The average molecular weight is 404 g/mol. The van der Waals surface area contributed by atoms with Gasteiger partial charge in [0.15, 0.2) is 0 Å². The molecule has 0 aliphatic rings. The van der Waals surface area contributed by atoms with Gasteiger partial charge in [-0.05, 0) is 31.0 Å². The highest BCUT2D eigenvalue weighted by Gasteiger charge is 2.73. The van der Waals surface area contributed by atoms with E-state index in [1.165, 1.54) is 0 Å². The largest absolute Gasteiger partial charge is 0.430 e. The summed E-state index contributed by atoms with van der Waals surface area (Å²) in [6.45, 7) is 1.43. The highest BCUT2D eigenvalue weighted by atomic mass is 19.4. The van der Waals surface area contributed by atoms with Gasteiger partial charge in [-0.15, -0.1) is 0 Å². The van der Waals surface area contributed by atoms with E-state index in [1.54, 1.807) is 0 Å². The molecule has 1 rings (SSSR count). The van der Waals surface area contributed by atoms with Crippen LogP contribution in [0.25, 0.3) is 0 Å². The summed E-state index contributed by atoms with van der Waals surface area (Å²) in [6, 6.07) is -0.588. The molecule has 1 unspecified atom stereocenters. The summed E-state index contributed by atoms with van der Waals surface area (Å²) in [5.41, 5.74) is -12.9. The number of hydrogen-bond donors (Lipinski definition) is 1. The second kappa shape index (κ2) is 6.24. The molecule has 0 aliphatic heterocycles. The molecule has 0 spiro atoms. The Kier molecular flexibility index (Phi) is 5.39. The second-order valence-electron chi connectivity index (χ2n) is 5.70. The van der Waals surface area contributed by atoms with Crippen molar-refractivity contribution in [2.45, 2.75) is 49.8 Å². The van der Waals surface area contributed by atoms with Gasteiger partial charge >= 0.3 is 18.5 Å². The number of aliphatic hydroxyl groups is 1. The predicted octanol–water partition coefficient (Wildman–Crippen LogP) is 5.51. The topological polar surface area (TPSA) is 20.2 Å². The maximum atomic E-state index is 14.0. The maximum Gasteiger partial charge on any atom is 0.430 e. The van der Waals surface area contributed by atoms with Crippen molar-refractivity contribution >= 4 is 0 Å². The van der Waals surface area contributed by atoms with Gasteiger partial charge in [0.25, 0.3) is 5.60 Å². The molecule has 1 aromatic carbocycles. The highest BCUT2D eigenvalue weighted by molar-refractivity contribution is 5.37. The lowest BCUT2D eigenvalue weighted by molar-refractivity contribution is -0.377. The first-order chi connectivity index (χ1) is 11.3. The van der Waals surface area contributed by atoms with Crippen molar-refractivity contribution in [1.29, 1.82) is 0 Å². The number of rotatable bonds is 3. The molecular formula is C14H11F11O. The van der Waals surface area contributed by atoms with Crippen LogP contribution in [-0.2, 0) is 11.0 Å². The standard InChI is InChI=1S/C14H11F11O/c1-3-10(2,12(17,18)19)6-4-7(15)9(8(16)5-6)11(26,13(20,21)22)14(23,24)25/h4-5,26H,3H2,1-2H3. The van der Waals surface area contributed by atoms with Gasteiger partial charge in [0.05, 0.1) is 11.0 Å². The van der Waals surface area contributed by atoms with Gasteiger partial charge in [0, 0.05) is 0 Å². The highest BCUT2D eigenvalue weighted by Crippen LogP contribution is 2.52. The molecule has 0 fully saturated rings. The van der Waals surface area contributed by atoms with E-state index in [9.17, 15) is 48.3 Å². The van der Waals surface area contributed by atoms with Crippen LogP contribution in [0.4, 0.5) is 48.3 Å². The van der Waals surface area contributed by atoms with Crippen LogP contribution in [0.15, 0.2) is 12.1 Å². The predicted molar refractivity (Wildman–Crippen MR) is 66.1 cm³/mol. The molecule has 1 nitrogen and oxygen atoms in total. The summed E-state index contributed by atoms with van der Waals surface area (Å²) < 4.78 is 144. The quantitative estimate of drug-likeness (QED) is 0.659. The van der Waals surface area contributed by atoms with E-state index in [4.69, 9.17) is 5.11 Å². The van der Waals surface area contributed by atoms with Crippen molar-refractivity contribution in [2.24, 2.45) is 0 Å². The van der Waals surface area contributed by atoms with Crippen molar-refractivity contribution in [2.75, 3.05) is 0 Å². The fraction of sp³-hybridized carbons (Fsp3) is 0.571. The van der Waals surface area contributed by atoms with E-state index in [1.807, 2.05) is 0 Å². The number of hydrogen-bond acceptors (Lipinski definition) is 1. The van der Waals surface area contributed by atoms with Crippen molar-refractivity contribution in [3.05, 3.63) is 34.9 Å². The molecular weight excluding hydrogens is 393 g/mol. The smallest absolute Gasteiger partial charge is 0.369 e. The first-order valence-corrected chi connectivity index (χ1v) is 6.77. The Bertz CT molecular complexity index is 634. The van der Waals surface area contributed by atoms with Gasteiger partial charge in [-0.1, -0.05) is 6.92 Å². The van der Waals surface area contributed by atoms with E-state index in [0.29, 0.717) is 6.92 Å². The Morgan fingerprint density at radius 2 is 1.12 bits per heavy atom. The van der Waals surface area contributed by atoms with Crippen molar-refractivity contribution < 1.29 is 53.4 Å². The molecule has 0 heterocycles. The minimum Gasteiger partial charge on any atom is -0.369 e. The molecule has 0 bridgehead atoms. The van der Waals surface area contributed by atoms with E-state index in [0.717, 1.165) is 6.92 Å². The Morgan fingerprint density at radius 1 is 0.769 bits per heavy atom. The zero-order chi connectivity index (χ0) is 20.9. The summed E-state index contributed by atoms with van der Waals surface area (Å²) in [7, 11) is 0. The maximum absolute atomic E-state index is 14.0. The lowest BCUT2D eigenvalue weighted by Gasteiger charge is -2.35. The van der Waals surface area contributed by atoms with Crippen molar-refractivity contribution in [3.8, 4) is 0 Å². The van der Waals surface area contributed by atoms with Gasteiger partial charge in [0.1, 0.15) is 11.6 Å². The van der Waals surface area contributed by atoms with Crippen LogP contribution in [0.5, 0.6) is 0 Å². The Hall–Kier alpha value is -1.59. The molecule has 0 radical (unpaired) electrons. The molecule has 0 saturated heterocycles. The fourth-order valence-corrected chi connectivity index (χ4v) is 2.25. The van der Waals surface area contributed by atoms with E-state index < -0.39 is 58.7 Å². The van der Waals surface area contributed by atoms with E-state index in [2.05, 4.69) is 0 Å². The number of benzene rings is 1. The van der Waals surface area contributed by atoms with Gasteiger partial charge in [-0.25, -0.2) is 8.78 Å². The molecule has 0 aromatic heterocycles. The summed E-state index contributed by atoms with van der Waals surface area (Å²) in [6.07, 6.45) is -19.1. The molecule has 0 aliphatic carbocycles. The minimum atomic E-state index is -6.59. The fourth-order valence-electron chi connectivity index (χ4n) is 2.25. The summed E-state index contributed by atoms with van der Waals surface area (Å²) >= 11 is 0. The zero-order valence-electron chi connectivity index (χ0n) is 13.0. The number of alkyl halides is 9. The van der Waals surface area contributed by atoms with Crippen LogP contribution in [0.2, 0.25) is 0 Å². The molecule has 26 heavy (non-hydrogen) atoms. The van der Waals surface area contributed by atoms with Crippen LogP contribution in [-0.4, -0.2) is 23.6 Å². The third-order valence-electron chi connectivity index (χ3n) is 4.19. The molecule has 150 valence electrons. The molecule has 12 heteroatoms. The molecule has 1 atom stereocenters. The first kappa shape index (κ1) is 22.5. The molecule has 0 amide bonds. The average Bonchev–Trinajstić information content (AvgIpc) is 2.41. The van der Waals surface area contributed by atoms with E-state index in [-0.39, 0.29) is 12.1 Å². The normalized spacial score (nSPS) is 16.5. The molecule has 0 saturated carbocycles. The van der Waals surface area contributed by atoms with Crippen LogP contribution < -0.4 is 0 Å². The van der Waals surface area contributed by atoms with E-state index >= 15 is 0 Å². The SMILES string of the molecule is CCC(C)(c1cc(F)c(C(O)(C(F)(F)F)C(F)(F)F)c(F)c1)C(F)(F)F. The Balaban J connectivity index is 3.81. The van der Waals surface area contributed by atoms with Gasteiger partial charge < -0.3 is 5.11 Å². The molecule has 1 aromatic rings. The van der Waals surface area contributed by atoms with Crippen molar-refractivity contribution in [1.82, 2.24) is 0 Å². The van der Waals surface area contributed by atoms with Crippen LogP contribution in [0, 0.1) is 11.6 Å². The number of halogens is 11. The monoisotopic (exact) mass is 404 g/mol. The summed E-state index contributed by atoms with van der Waals surface area (Å²) in [5.74, 6) is -5.22. The van der Waals surface area contributed by atoms with Gasteiger partial charge in [0.2, 0.25) is 0 Å². The van der Waals surface area contributed by atoms with Crippen LogP contribution >= 0.6 is 0 Å². The van der Waals surface area contributed by atoms with Crippen LogP contribution in [0.3, 0.4) is 0 Å². The van der Waals surface area contributed by atoms with Crippen LogP contribution in [0.1, 0.15) is 31.4 Å². The Labute approximate surface area is 139 Å². The molecule has 1 N–H and O–H groups in total. The van der Waals surface area contributed by atoms with Gasteiger partial charge in [-0.2, -0.15) is 39.5 Å². The summed E-state index contributed by atoms with van der Waals surface area (Å²) in [4.78, 5) is 0. The summed E-state index contributed by atoms with van der Waals surface area (Å²) in [5, 5.41) is 9.08. The Morgan fingerprint density at radius 3 is 1.35 bits per heavy atom. The zero-order valence-corrected chi connectivity index (χ0v) is 13.0. The minimum absolute atomic E-state index is 0.294. The third kappa shape index (κ3) is 3.23. The third-order valence-corrected chi connectivity index (χ3v) is 4.19. The first-order valence-electron chi connectivity index (χ1n) is 6.77. The lowest BCUT2D eigenvalue weighted by Crippen LogP contribution is -2.55. The second-order valence-corrected chi connectivity index (χ2v) is 5.70.